The van der Waals surface area contributed by atoms with E-state index in [1.165, 1.54) is 6.07 Å². The predicted octanol–water partition coefficient (Wildman–Crippen LogP) is 7.18. The zero-order valence-electron chi connectivity index (χ0n) is 19.0. The lowest BCUT2D eigenvalue weighted by Crippen LogP contribution is -2.33. The summed E-state index contributed by atoms with van der Waals surface area (Å²) < 4.78 is 43.0. The minimum atomic E-state index is -4.73. The molecule has 1 saturated carbocycles. The third-order valence-electron chi connectivity index (χ3n) is 6.18. The number of nitrogens with one attached hydrogen (secondary N) is 2. The lowest BCUT2D eigenvalue weighted by Gasteiger charge is -2.31. The number of benzene rings is 2. The summed E-state index contributed by atoms with van der Waals surface area (Å²) in [6.07, 6.45) is -1.10. The molecule has 0 radical (unpaired) electrons. The molecule has 1 heterocycles. The average Bonchev–Trinajstić information content (AvgIpc) is 2.77. The zero-order chi connectivity index (χ0) is 23.6. The highest BCUT2D eigenvalue weighted by Crippen LogP contribution is 2.42. The molecule has 3 aromatic rings. The number of anilines is 2. The molecule has 0 saturated heterocycles. The summed E-state index contributed by atoms with van der Waals surface area (Å²) in [6.45, 7) is 0.301. The van der Waals surface area contributed by atoms with Gasteiger partial charge >= 0.3 is 6.36 Å². The molecule has 11 heteroatoms. The van der Waals surface area contributed by atoms with Gasteiger partial charge in [-0.15, -0.1) is 38.0 Å². The lowest BCUT2D eigenvalue weighted by atomic mass is 9.80. The number of hydrogen-bond acceptors (Lipinski definition) is 5. The van der Waals surface area contributed by atoms with Crippen LogP contribution in [0.1, 0.15) is 42.7 Å². The fourth-order valence-electron chi connectivity index (χ4n) is 4.66. The molecule has 0 spiro atoms. The van der Waals surface area contributed by atoms with Gasteiger partial charge in [-0.1, -0.05) is 40.2 Å². The molecule has 1 aromatic heterocycles. The Bertz CT molecular complexity index is 1140. The molecule has 1 aliphatic rings. The van der Waals surface area contributed by atoms with Gasteiger partial charge in [-0.25, -0.2) is 4.98 Å². The fourth-order valence-corrected chi connectivity index (χ4v) is 5.00. The van der Waals surface area contributed by atoms with E-state index >= 15 is 0 Å². The van der Waals surface area contributed by atoms with Crippen LogP contribution in [0.15, 0.2) is 46.9 Å². The number of rotatable bonds is 6. The first-order chi connectivity index (χ1) is 15.7. The number of nitrogens with zero attached hydrogens (tertiary/aromatic N) is 1. The Morgan fingerprint density at radius 1 is 1.09 bits per heavy atom. The third-order valence-corrected chi connectivity index (χ3v) is 6.67. The Balaban J connectivity index is 0.00000216. The van der Waals surface area contributed by atoms with Gasteiger partial charge in [0.1, 0.15) is 11.6 Å². The van der Waals surface area contributed by atoms with Crippen molar-refractivity contribution in [1.82, 2.24) is 10.3 Å². The summed E-state index contributed by atoms with van der Waals surface area (Å²) >= 11 is 3.20. The van der Waals surface area contributed by atoms with E-state index in [9.17, 15) is 13.2 Å². The topological polar surface area (TPSA) is 72.2 Å². The van der Waals surface area contributed by atoms with Crippen LogP contribution in [0.5, 0.6) is 5.75 Å². The van der Waals surface area contributed by atoms with E-state index in [0.717, 1.165) is 47.8 Å². The summed E-state index contributed by atoms with van der Waals surface area (Å²) in [5.74, 6) is 0.643. The summed E-state index contributed by atoms with van der Waals surface area (Å²) in [7, 11) is 1.90. The monoisotopic (exact) mass is 594 g/mol. The van der Waals surface area contributed by atoms with Gasteiger partial charge in [0.15, 0.2) is 0 Å². The molecule has 4 rings (SSSR count). The highest BCUT2D eigenvalue weighted by atomic mass is 79.9. The van der Waals surface area contributed by atoms with Crippen molar-refractivity contribution in [1.29, 1.82) is 0 Å². The molecule has 5 nitrogen and oxygen atoms in total. The molecule has 0 unspecified atom stereocenters. The summed E-state index contributed by atoms with van der Waals surface area (Å²) in [6, 6.07) is 12.8. The molecule has 0 bridgehead atoms. The summed E-state index contributed by atoms with van der Waals surface area (Å²) in [4.78, 5) is 4.61. The van der Waals surface area contributed by atoms with Crippen LogP contribution >= 0.6 is 40.7 Å². The van der Waals surface area contributed by atoms with Crippen LogP contribution in [0.25, 0.3) is 10.9 Å². The number of nitrogen functional groups attached to an aromatic ring is 1. The van der Waals surface area contributed by atoms with Gasteiger partial charge in [-0.3, -0.25) is 0 Å². The van der Waals surface area contributed by atoms with Crippen molar-refractivity contribution in [2.75, 3.05) is 18.1 Å². The highest BCUT2D eigenvalue weighted by molar-refractivity contribution is 9.10. The van der Waals surface area contributed by atoms with E-state index in [-0.39, 0.29) is 42.5 Å². The second-order valence-corrected chi connectivity index (χ2v) is 9.20. The SMILES string of the molecule is CNc1c(C2CCC(NCc3ccc(Br)cc3OC(F)(F)F)CC2)c(N)nc2ccccc12.Cl.Cl. The minimum absolute atomic E-state index is 0. The van der Waals surface area contributed by atoms with Crippen LogP contribution in [0.3, 0.4) is 0 Å². The first-order valence-electron chi connectivity index (χ1n) is 10.9. The van der Waals surface area contributed by atoms with Gasteiger partial charge in [-0.2, -0.15) is 0 Å². The van der Waals surface area contributed by atoms with Gasteiger partial charge in [0.05, 0.1) is 11.2 Å². The van der Waals surface area contributed by atoms with E-state index in [1.807, 2.05) is 31.3 Å². The van der Waals surface area contributed by atoms with Crippen molar-refractivity contribution in [3.63, 3.8) is 0 Å². The molecule has 1 aliphatic carbocycles. The molecule has 0 amide bonds. The Kier molecular flexibility index (Phi) is 10.3. The first-order valence-corrected chi connectivity index (χ1v) is 11.7. The first kappa shape index (κ1) is 29.3. The molecular formula is C24H28BrCl2F3N4O. The van der Waals surface area contributed by atoms with E-state index in [1.54, 1.807) is 12.1 Å². The maximum atomic E-state index is 12.8. The van der Waals surface area contributed by atoms with Crippen LogP contribution in [0.4, 0.5) is 24.7 Å². The number of pyridine rings is 1. The summed E-state index contributed by atoms with van der Waals surface area (Å²) in [5.41, 5.74) is 9.79. The third kappa shape index (κ3) is 7.06. The number of ether oxygens (including phenoxy) is 1. The van der Waals surface area contributed by atoms with Crippen molar-refractivity contribution in [2.45, 2.75) is 50.6 Å². The fraction of sp³-hybridized carbons (Fsp3) is 0.375. The van der Waals surface area contributed by atoms with Gasteiger partial charge in [0.25, 0.3) is 0 Å². The van der Waals surface area contributed by atoms with E-state index in [2.05, 4.69) is 36.3 Å². The Morgan fingerprint density at radius 2 is 1.77 bits per heavy atom. The Morgan fingerprint density at radius 3 is 2.43 bits per heavy atom. The maximum Gasteiger partial charge on any atom is 0.573 e. The predicted molar refractivity (Wildman–Crippen MR) is 143 cm³/mol. The van der Waals surface area contributed by atoms with Gasteiger partial charge in [-0.05, 0) is 49.8 Å². The molecule has 192 valence electrons. The molecular weight excluding hydrogens is 568 g/mol. The molecule has 0 atom stereocenters. The standard InChI is InChI=1S/C24H26BrF3N4O.2ClH/c1-30-22-18-4-2-3-5-19(18)32-23(29)21(22)14-7-10-17(11-8-14)31-13-15-6-9-16(25)12-20(15)33-24(26,27)28;;/h2-6,9,12,14,17,31H,7-8,10-11,13H2,1H3,(H3,29,30,32);2*1H. The number of fused-ring (bicyclic) bond motifs is 1. The van der Waals surface area contributed by atoms with E-state index < -0.39 is 6.36 Å². The van der Waals surface area contributed by atoms with Crippen molar-refractivity contribution < 1.29 is 17.9 Å². The number of halogens is 6. The van der Waals surface area contributed by atoms with E-state index in [0.29, 0.717) is 22.4 Å². The van der Waals surface area contributed by atoms with Crippen molar-refractivity contribution in [3.05, 3.63) is 58.1 Å². The number of hydrogen-bond donors (Lipinski definition) is 3. The normalized spacial score (nSPS) is 17.9. The Labute approximate surface area is 223 Å². The van der Waals surface area contributed by atoms with Crippen molar-refractivity contribution in [3.8, 4) is 5.75 Å². The number of alkyl halides is 3. The zero-order valence-corrected chi connectivity index (χ0v) is 22.2. The molecule has 35 heavy (non-hydrogen) atoms. The Hall–Kier alpha value is -1.94. The highest BCUT2D eigenvalue weighted by Gasteiger charge is 2.32. The quantitative estimate of drug-likeness (QED) is 0.281. The van der Waals surface area contributed by atoms with Crippen molar-refractivity contribution >= 4 is 63.2 Å². The molecule has 0 aliphatic heterocycles. The van der Waals surface area contributed by atoms with Crippen LogP contribution < -0.4 is 21.1 Å². The maximum absolute atomic E-state index is 12.8. The second kappa shape index (κ2) is 12.3. The average molecular weight is 596 g/mol. The molecule has 2 aromatic carbocycles. The largest absolute Gasteiger partial charge is 0.573 e. The van der Waals surface area contributed by atoms with Crippen molar-refractivity contribution in [2.24, 2.45) is 0 Å². The number of nitrogens with two attached hydrogens (primary N) is 1. The summed E-state index contributed by atoms with van der Waals surface area (Å²) in [5, 5.41) is 7.77. The second-order valence-electron chi connectivity index (χ2n) is 8.28. The lowest BCUT2D eigenvalue weighted by molar-refractivity contribution is -0.274. The minimum Gasteiger partial charge on any atom is -0.405 e. The van der Waals surface area contributed by atoms with Crippen LogP contribution in [0, 0.1) is 0 Å². The molecule has 1 fully saturated rings. The smallest absolute Gasteiger partial charge is 0.405 e. The number of aromatic nitrogens is 1. The number of para-hydroxylation sites is 1. The van der Waals surface area contributed by atoms with Gasteiger partial charge in [0.2, 0.25) is 0 Å². The van der Waals surface area contributed by atoms with E-state index in [4.69, 9.17) is 5.73 Å². The van der Waals surface area contributed by atoms with Gasteiger partial charge in [0, 0.05) is 40.6 Å². The van der Waals surface area contributed by atoms with Crippen LogP contribution in [0.2, 0.25) is 0 Å². The van der Waals surface area contributed by atoms with Crippen LogP contribution in [-0.2, 0) is 6.54 Å². The molecule has 4 N–H and O–H groups in total. The van der Waals surface area contributed by atoms with Gasteiger partial charge < -0.3 is 21.1 Å². The van der Waals surface area contributed by atoms with Crippen LogP contribution in [-0.4, -0.2) is 24.4 Å².